The largest absolute Gasteiger partial charge is 0.371 e. The van der Waals surface area contributed by atoms with Gasteiger partial charge >= 0.3 is 0 Å². The smallest absolute Gasteiger partial charge is 0.280 e. The second-order valence-corrected chi connectivity index (χ2v) is 10.0. The van der Waals surface area contributed by atoms with Gasteiger partial charge in [0.15, 0.2) is 17.0 Å². The molecule has 7 rings (SSSR count). The molecule has 3 atom stereocenters. The Hall–Kier alpha value is -3.99. The maximum absolute atomic E-state index is 12.8. The number of aryl methyl sites for hydroxylation is 2. The molecule has 182 valence electrons. The van der Waals surface area contributed by atoms with Gasteiger partial charge in [-0.05, 0) is 35.6 Å². The number of imidazole rings is 1. The molecule has 0 radical (unpaired) electrons. The van der Waals surface area contributed by atoms with E-state index in [4.69, 9.17) is 16.1 Å². The first-order chi connectivity index (χ1) is 17.4. The molecule has 1 aliphatic heterocycles. The molecular weight excluding hydrogens is 482 g/mol. The van der Waals surface area contributed by atoms with Crippen LogP contribution in [0.15, 0.2) is 52.6 Å². The zero-order valence-corrected chi connectivity index (χ0v) is 20.4. The van der Waals surface area contributed by atoms with E-state index in [1.807, 2.05) is 31.6 Å². The Labute approximate surface area is 209 Å². The molecule has 1 saturated carbocycles. The van der Waals surface area contributed by atoms with Crippen LogP contribution >= 0.6 is 11.6 Å². The number of benzene rings is 1. The van der Waals surface area contributed by atoms with Gasteiger partial charge in [0.05, 0.1) is 12.5 Å². The van der Waals surface area contributed by atoms with Gasteiger partial charge in [-0.3, -0.25) is 14.0 Å². The molecule has 1 saturated heterocycles. The fraction of sp³-hybridized carbons (Fsp3) is 0.333. The number of piperidine rings is 1. The summed E-state index contributed by atoms with van der Waals surface area (Å²) >= 11 is 6.45. The summed E-state index contributed by atoms with van der Waals surface area (Å²) in [5.41, 5.74) is 3.89. The molecule has 0 unspecified atom stereocenters. The monoisotopic (exact) mass is 503 g/mol. The first-order valence-corrected chi connectivity index (χ1v) is 12.1. The van der Waals surface area contributed by atoms with E-state index in [9.17, 15) is 4.79 Å². The average molecular weight is 504 g/mol. The van der Waals surface area contributed by atoms with E-state index < -0.39 is 0 Å². The van der Waals surface area contributed by atoms with Gasteiger partial charge < -0.3 is 14.0 Å². The molecule has 4 aromatic heterocycles. The number of rotatable bonds is 5. The molecule has 2 aliphatic rings. The maximum atomic E-state index is 12.8. The Morgan fingerprint density at radius 1 is 1.08 bits per heavy atom. The summed E-state index contributed by atoms with van der Waals surface area (Å²) in [6.07, 6.45) is 6.88. The molecule has 11 nitrogen and oxygen atoms in total. The van der Waals surface area contributed by atoms with Gasteiger partial charge in [-0.1, -0.05) is 16.8 Å². The van der Waals surface area contributed by atoms with Crippen molar-refractivity contribution < 1.29 is 4.52 Å². The van der Waals surface area contributed by atoms with Gasteiger partial charge in [-0.15, -0.1) is 0 Å². The normalized spacial score (nSPS) is 20.9. The highest BCUT2D eigenvalue weighted by Crippen LogP contribution is 2.58. The lowest BCUT2D eigenvalue weighted by atomic mass is 10.1. The van der Waals surface area contributed by atoms with Gasteiger partial charge in [-0.2, -0.15) is 10.1 Å². The Morgan fingerprint density at radius 3 is 2.67 bits per heavy atom. The van der Waals surface area contributed by atoms with Gasteiger partial charge in [0.1, 0.15) is 12.9 Å². The Morgan fingerprint density at radius 2 is 1.89 bits per heavy atom. The van der Waals surface area contributed by atoms with E-state index >= 15 is 0 Å². The standard InChI is InChI=1S/C24H22ClN9O2/c1-31-11-26-23-21(31)24(35)34(12-27-23)10-19-29-22(30-36-19)20-17-8-33(9-18(17)20)16-4-13(3-15(25)5-16)14-6-28-32(2)7-14/h3-7,11-12,17-18,20H,8-10H2,1-2H3/t17-,18+,20-. The second kappa shape index (κ2) is 7.76. The second-order valence-electron chi connectivity index (χ2n) is 9.61. The van der Waals surface area contributed by atoms with E-state index in [0.29, 0.717) is 39.7 Å². The molecule has 0 N–H and O–H groups in total. The van der Waals surface area contributed by atoms with Crippen LogP contribution in [0.2, 0.25) is 5.02 Å². The summed E-state index contributed by atoms with van der Waals surface area (Å²) in [6, 6.07) is 6.15. The lowest BCUT2D eigenvalue weighted by Gasteiger charge is -2.22. The Balaban J connectivity index is 1.06. The summed E-state index contributed by atoms with van der Waals surface area (Å²) in [5, 5.41) is 9.22. The quantitative estimate of drug-likeness (QED) is 0.359. The lowest BCUT2D eigenvalue weighted by Crippen LogP contribution is -2.24. The number of hydrogen-bond donors (Lipinski definition) is 0. The first-order valence-electron chi connectivity index (χ1n) is 11.7. The number of aromatic nitrogens is 8. The molecule has 2 fully saturated rings. The third kappa shape index (κ3) is 3.41. The molecule has 5 aromatic rings. The van der Waals surface area contributed by atoms with E-state index in [-0.39, 0.29) is 18.0 Å². The third-order valence-corrected chi connectivity index (χ3v) is 7.49. The molecule has 36 heavy (non-hydrogen) atoms. The topological polar surface area (TPSA) is 113 Å². The van der Waals surface area contributed by atoms with Crippen LogP contribution in [0.25, 0.3) is 22.3 Å². The first kappa shape index (κ1) is 21.3. The zero-order valence-electron chi connectivity index (χ0n) is 19.6. The van der Waals surface area contributed by atoms with Crippen molar-refractivity contribution in [1.29, 1.82) is 0 Å². The predicted molar refractivity (Wildman–Crippen MR) is 132 cm³/mol. The minimum absolute atomic E-state index is 0.174. The summed E-state index contributed by atoms with van der Waals surface area (Å²) < 4.78 is 10.4. The number of halogens is 1. The molecule has 1 aromatic carbocycles. The minimum atomic E-state index is -0.189. The Bertz CT molecular complexity index is 1670. The van der Waals surface area contributed by atoms with Crippen LogP contribution in [0.5, 0.6) is 0 Å². The molecule has 0 amide bonds. The highest BCUT2D eigenvalue weighted by molar-refractivity contribution is 6.31. The van der Waals surface area contributed by atoms with Gasteiger partial charge in [-0.25, -0.2) is 9.97 Å². The van der Waals surface area contributed by atoms with Crippen molar-refractivity contribution in [2.45, 2.75) is 12.5 Å². The van der Waals surface area contributed by atoms with E-state index in [2.05, 4.69) is 36.2 Å². The minimum Gasteiger partial charge on any atom is -0.371 e. The van der Waals surface area contributed by atoms with Crippen LogP contribution in [0.3, 0.4) is 0 Å². The van der Waals surface area contributed by atoms with Gasteiger partial charge in [0, 0.05) is 55.6 Å². The number of fused-ring (bicyclic) bond motifs is 2. The molecular formula is C24H22ClN9O2. The zero-order chi connectivity index (χ0) is 24.6. The van der Waals surface area contributed by atoms with Crippen LogP contribution in [-0.4, -0.2) is 52.1 Å². The molecule has 1 aliphatic carbocycles. The van der Waals surface area contributed by atoms with Crippen LogP contribution < -0.4 is 10.5 Å². The molecule has 5 heterocycles. The van der Waals surface area contributed by atoms with Crippen LogP contribution in [0.1, 0.15) is 17.6 Å². The van der Waals surface area contributed by atoms with Crippen molar-refractivity contribution in [3.8, 4) is 11.1 Å². The average Bonchev–Trinajstić information content (AvgIpc) is 3.42. The van der Waals surface area contributed by atoms with Crippen LogP contribution in [-0.2, 0) is 20.6 Å². The van der Waals surface area contributed by atoms with Gasteiger partial charge in [0.2, 0.25) is 5.89 Å². The number of anilines is 1. The van der Waals surface area contributed by atoms with Crippen molar-refractivity contribution in [1.82, 2.24) is 39.0 Å². The lowest BCUT2D eigenvalue weighted by molar-refractivity contribution is 0.363. The van der Waals surface area contributed by atoms with Crippen molar-refractivity contribution in [2.75, 3.05) is 18.0 Å². The van der Waals surface area contributed by atoms with Crippen molar-refractivity contribution in [3.63, 3.8) is 0 Å². The highest BCUT2D eigenvalue weighted by Gasteiger charge is 2.58. The summed E-state index contributed by atoms with van der Waals surface area (Å²) in [7, 11) is 3.67. The van der Waals surface area contributed by atoms with Crippen molar-refractivity contribution >= 4 is 28.5 Å². The summed E-state index contributed by atoms with van der Waals surface area (Å²) in [4.78, 5) is 28.1. The fourth-order valence-electron chi connectivity index (χ4n) is 5.41. The van der Waals surface area contributed by atoms with E-state index in [1.54, 1.807) is 22.6 Å². The van der Waals surface area contributed by atoms with Crippen molar-refractivity contribution in [3.05, 3.63) is 70.3 Å². The van der Waals surface area contributed by atoms with Crippen molar-refractivity contribution in [2.24, 2.45) is 25.9 Å². The maximum Gasteiger partial charge on any atom is 0.280 e. The highest BCUT2D eigenvalue weighted by atomic mass is 35.5. The van der Waals surface area contributed by atoms with E-state index in [0.717, 1.165) is 29.9 Å². The molecule has 0 bridgehead atoms. The molecule has 0 spiro atoms. The number of hydrogen-bond acceptors (Lipinski definition) is 8. The Kier molecular flexibility index (Phi) is 4.59. The predicted octanol–water partition coefficient (Wildman–Crippen LogP) is 2.46. The van der Waals surface area contributed by atoms with E-state index in [1.165, 1.54) is 10.9 Å². The van der Waals surface area contributed by atoms with Gasteiger partial charge in [0.25, 0.3) is 5.56 Å². The summed E-state index contributed by atoms with van der Waals surface area (Å²) in [6.45, 7) is 1.99. The molecule has 12 heteroatoms. The van der Waals surface area contributed by atoms with Crippen LogP contribution in [0, 0.1) is 11.8 Å². The summed E-state index contributed by atoms with van der Waals surface area (Å²) in [5.74, 6) is 2.31. The number of nitrogens with zero attached hydrogens (tertiary/aromatic N) is 9. The van der Waals surface area contributed by atoms with Crippen LogP contribution in [0.4, 0.5) is 5.69 Å². The third-order valence-electron chi connectivity index (χ3n) is 7.27. The SMILES string of the molecule is Cn1cc(-c2cc(Cl)cc(N3C[C@@H]4[C@H](C3)[C@@H]4c3noc(Cn4cnc5ncn(C)c5c4=O)n3)c2)cn1. The fourth-order valence-corrected chi connectivity index (χ4v) is 5.64.